The van der Waals surface area contributed by atoms with Crippen molar-refractivity contribution in [3.8, 4) is 55.9 Å². The Morgan fingerprint density at radius 3 is 2.22 bits per heavy atom. The fourth-order valence-electron chi connectivity index (χ4n) is 9.66. The first-order valence-corrected chi connectivity index (χ1v) is 20.7. The second-order valence-corrected chi connectivity index (χ2v) is 17.4. The lowest BCUT2D eigenvalue weighted by Crippen LogP contribution is -2.49. The molecule has 0 aliphatic carbocycles. The molecule has 8 aromatic rings. The maximum absolute atomic E-state index is 4.86. The molecule has 0 bridgehead atoms. The molecule has 10 rings (SSSR count). The largest absolute Gasteiger partial charge is 0.264 e. The van der Waals surface area contributed by atoms with E-state index in [4.69, 9.17) is 6.58 Å². The standard InChI is InChI=1S/C55H49N3/c1-36-25-28-58-52(30-36)48-17-10-9-16-46(48)49-21-20-39-18-19-42(33-50(39)54-34-43(55(3,4)5)26-29-57(54)37(2)31-53(49)58)45-23-22-44(47-24-27-56-35-51(45)47)41-15-11-14-40(32-41)38-12-7-6-8-13-38/h6-19,22-30,32-35,49,53H,2,20-21,31H2,1,3-5H3/q+2. The third-order valence-corrected chi connectivity index (χ3v) is 12.7. The summed E-state index contributed by atoms with van der Waals surface area (Å²) in [4.78, 5) is 4.68. The van der Waals surface area contributed by atoms with Crippen LogP contribution in [0, 0.1) is 6.92 Å². The highest BCUT2D eigenvalue weighted by Gasteiger charge is 2.42. The topological polar surface area (TPSA) is 20.6 Å². The van der Waals surface area contributed by atoms with E-state index in [9.17, 15) is 0 Å². The normalized spacial score (nSPS) is 16.1. The van der Waals surface area contributed by atoms with E-state index in [2.05, 4.69) is 194 Å². The van der Waals surface area contributed by atoms with Crippen molar-refractivity contribution >= 4 is 16.5 Å². The molecular formula is C55H49N3+2. The molecule has 0 spiro atoms. The van der Waals surface area contributed by atoms with Gasteiger partial charge in [0.1, 0.15) is 0 Å². The monoisotopic (exact) mass is 751 g/mol. The second kappa shape index (κ2) is 14.2. The van der Waals surface area contributed by atoms with Crippen LogP contribution in [0.1, 0.15) is 67.8 Å². The minimum atomic E-state index is -0.00956. The van der Waals surface area contributed by atoms with Crippen molar-refractivity contribution in [1.29, 1.82) is 0 Å². The number of hydrogen-bond acceptors (Lipinski definition) is 1. The van der Waals surface area contributed by atoms with Crippen molar-refractivity contribution in [3.05, 3.63) is 193 Å². The molecule has 0 radical (unpaired) electrons. The van der Waals surface area contributed by atoms with Gasteiger partial charge in [-0.1, -0.05) is 112 Å². The first-order valence-electron chi connectivity index (χ1n) is 20.7. The Morgan fingerprint density at radius 1 is 0.621 bits per heavy atom. The van der Waals surface area contributed by atoms with Gasteiger partial charge in [-0.25, -0.2) is 0 Å². The van der Waals surface area contributed by atoms with Crippen molar-refractivity contribution in [3.63, 3.8) is 0 Å². The molecule has 0 fully saturated rings. The average Bonchev–Trinajstić information content (AvgIpc) is 3.25. The van der Waals surface area contributed by atoms with E-state index >= 15 is 0 Å². The summed E-state index contributed by atoms with van der Waals surface area (Å²) >= 11 is 0. The molecule has 3 aromatic heterocycles. The number of pyridine rings is 3. The molecule has 0 amide bonds. The van der Waals surface area contributed by atoms with Gasteiger partial charge in [-0.05, 0) is 117 Å². The number of allylic oxidation sites excluding steroid dienone is 1. The van der Waals surface area contributed by atoms with Crippen LogP contribution in [-0.4, -0.2) is 4.98 Å². The molecule has 5 aromatic carbocycles. The molecular weight excluding hydrogens is 703 g/mol. The van der Waals surface area contributed by atoms with Crippen LogP contribution in [0.15, 0.2) is 171 Å². The molecule has 3 heteroatoms. The minimum Gasteiger partial charge on any atom is -0.264 e. The van der Waals surface area contributed by atoms with Crippen molar-refractivity contribution in [2.24, 2.45) is 0 Å². The highest BCUT2D eigenvalue weighted by Crippen LogP contribution is 2.45. The summed E-state index contributed by atoms with van der Waals surface area (Å²) < 4.78 is 4.93. The van der Waals surface area contributed by atoms with Crippen LogP contribution >= 0.6 is 0 Å². The molecule has 2 aliphatic rings. The number of aromatic nitrogens is 3. The van der Waals surface area contributed by atoms with E-state index in [0.29, 0.717) is 5.92 Å². The Labute approximate surface area is 342 Å². The number of rotatable bonds is 3. The van der Waals surface area contributed by atoms with Gasteiger partial charge in [0.05, 0.1) is 12.0 Å². The van der Waals surface area contributed by atoms with Gasteiger partial charge < -0.3 is 0 Å². The van der Waals surface area contributed by atoms with Gasteiger partial charge >= 0.3 is 0 Å². The number of aryl methyl sites for hydroxylation is 2. The molecule has 0 N–H and O–H groups in total. The van der Waals surface area contributed by atoms with E-state index in [1.54, 1.807) is 0 Å². The molecule has 2 aliphatic heterocycles. The van der Waals surface area contributed by atoms with Crippen molar-refractivity contribution in [2.45, 2.75) is 64.3 Å². The number of benzene rings is 5. The van der Waals surface area contributed by atoms with Crippen LogP contribution in [0.25, 0.3) is 72.4 Å². The lowest BCUT2D eigenvalue weighted by Gasteiger charge is -2.31. The molecule has 2 unspecified atom stereocenters. The third kappa shape index (κ3) is 6.26. The fraction of sp³-hybridized carbons (Fsp3) is 0.182. The number of nitrogens with zero attached hydrogens (tertiary/aromatic N) is 3. The summed E-state index contributed by atoms with van der Waals surface area (Å²) in [6.45, 7) is 14.0. The van der Waals surface area contributed by atoms with Crippen LogP contribution in [-0.2, 0) is 11.8 Å². The Bertz CT molecular complexity index is 2900. The van der Waals surface area contributed by atoms with Gasteiger partial charge in [-0.15, -0.1) is 0 Å². The van der Waals surface area contributed by atoms with Crippen LogP contribution < -0.4 is 9.13 Å². The summed E-state index contributed by atoms with van der Waals surface area (Å²) in [6.07, 6.45) is 11.4. The lowest BCUT2D eigenvalue weighted by atomic mass is 9.77. The lowest BCUT2D eigenvalue weighted by molar-refractivity contribution is -0.720. The summed E-state index contributed by atoms with van der Waals surface area (Å²) in [5, 5.41) is 2.35. The Balaban J connectivity index is 1.12. The molecule has 282 valence electrons. The van der Waals surface area contributed by atoms with Crippen molar-refractivity contribution in [2.75, 3.05) is 0 Å². The predicted octanol–water partition coefficient (Wildman–Crippen LogP) is 12.9. The van der Waals surface area contributed by atoms with Gasteiger partial charge in [0, 0.05) is 53.5 Å². The smallest absolute Gasteiger partial charge is 0.218 e. The molecule has 0 saturated heterocycles. The van der Waals surface area contributed by atoms with E-state index < -0.39 is 0 Å². The van der Waals surface area contributed by atoms with E-state index in [1.165, 1.54) is 83.5 Å². The third-order valence-electron chi connectivity index (χ3n) is 12.7. The Morgan fingerprint density at radius 2 is 1.38 bits per heavy atom. The van der Waals surface area contributed by atoms with Crippen LogP contribution in [0.5, 0.6) is 0 Å². The average molecular weight is 752 g/mol. The van der Waals surface area contributed by atoms with Crippen molar-refractivity contribution in [1.82, 2.24) is 4.98 Å². The molecule has 2 atom stereocenters. The Hall–Kier alpha value is -6.45. The van der Waals surface area contributed by atoms with Crippen LogP contribution in [0.2, 0.25) is 0 Å². The van der Waals surface area contributed by atoms with Crippen LogP contribution in [0.4, 0.5) is 0 Å². The van der Waals surface area contributed by atoms with E-state index in [-0.39, 0.29) is 11.5 Å². The summed E-state index contributed by atoms with van der Waals surface area (Å²) in [5.41, 5.74) is 18.9. The second-order valence-electron chi connectivity index (χ2n) is 17.4. The van der Waals surface area contributed by atoms with Gasteiger partial charge in [-0.3, -0.25) is 4.98 Å². The first-order chi connectivity index (χ1) is 28.2. The predicted molar refractivity (Wildman–Crippen MR) is 239 cm³/mol. The zero-order valence-electron chi connectivity index (χ0n) is 33.9. The summed E-state index contributed by atoms with van der Waals surface area (Å²) in [7, 11) is 0. The van der Waals surface area contributed by atoms with Crippen molar-refractivity contribution < 1.29 is 9.13 Å². The van der Waals surface area contributed by atoms with Crippen LogP contribution in [0.3, 0.4) is 0 Å². The molecule has 58 heavy (non-hydrogen) atoms. The quantitative estimate of drug-likeness (QED) is 0.165. The maximum Gasteiger partial charge on any atom is 0.218 e. The van der Waals surface area contributed by atoms with E-state index in [1.807, 2.05) is 12.4 Å². The zero-order chi connectivity index (χ0) is 39.5. The maximum atomic E-state index is 4.86. The minimum absolute atomic E-state index is 0.00956. The first kappa shape index (κ1) is 35.9. The van der Waals surface area contributed by atoms with Gasteiger partial charge in [0.2, 0.25) is 11.4 Å². The van der Waals surface area contributed by atoms with E-state index in [0.717, 1.165) is 30.3 Å². The molecule has 5 heterocycles. The summed E-state index contributed by atoms with van der Waals surface area (Å²) in [6, 6.07) is 52.2. The molecule has 0 saturated carbocycles. The SMILES string of the molecule is C=C1CC2C(CCc3ccc(-c4ccc(-c5cccc(-c6ccccc6)c5)c5ccncc45)cc3-c3cc(C(C)(C)C)cc[n+]31)c1ccccc1-c1cc(C)cc[n+]12. The number of hydrogen-bond donors (Lipinski definition) is 0. The Kier molecular flexibility index (Phi) is 8.78. The van der Waals surface area contributed by atoms with Gasteiger partial charge in [0.15, 0.2) is 24.1 Å². The van der Waals surface area contributed by atoms with Gasteiger partial charge in [0.25, 0.3) is 0 Å². The number of fused-ring (bicyclic) bond motifs is 10. The fourth-order valence-corrected chi connectivity index (χ4v) is 9.66. The molecule has 3 nitrogen and oxygen atoms in total. The van der Waals surface area contributed by atoms with Gasteiger partial charge in [-0.2, -0.15) is 9.13 Å². The zero-order valence-corrected chi connectivity index (χ0v) is 33.9. The summed E-state index contributed by atoms with van der Waals surface area (Å²) in [5.74, 6) is 0.347. The highest BCUT2D eigenvalue weighted by molar-refractivity contribution is 6.05. The highest BCUT2D eigenvalue weighted by atomic mass is 15.0.